The van der Waals surface area contributed by atoms with Gasteiger partial charge in [0.15, 0.2) is 0 Å². The van der Waals surface area contributed by atoms with Crippen LogP contribution in [0.3, 0.4) is 0 Å². The van der Waals surface area contributed by atoms with Crippen molar-refractivity contribution in [2.75, 3.05) is 12.4 Å². The summed E-state index contributed by atoms with van der Waals surface area (Å²) in [6, 6.07) is 8.99. The van der Waals surface area contributed by atoms with Crippen molar-refractivity contribution in [1.29, 1.82) is 0 Å². The van der Waals surface area contributed by atoms with E-state index in [-0.39, 0.29) is 16.8 Å². The van der Waals surface area contributed by atoms with Gasteiger partial charge in [-0.1, -0.05) is 12.1 Å². The Morgan fingerprint density at radius 1 is 1.11 bits per heavy atom. The standard InChI is InChI=1S/C19H19N3O6/c1-11-7-8-14(19(25)28-3)10-16(11)21-17(23)12(2)20-18(24)13-5-4-6-15(9-13)22(26)27/h4-10,12H,1-3H3,(H,20,24)(H,21,23)/t12-/m0/s1. The van der Waals surface area contributed by atoms with E-state index in [1.165, 1.54) is 38.3 Å². The van der Waals surface area contributed by atoms with E-state index < -0.39 is 28.7 Å². The smallest absolute Gasteiger partial charge is 0.337 e. The number of nitro groups is 1. The van der Waals surface area contributed by atoms with Crippen molar-refractivity contribution >= 4 is 29.2 Å². The second-order valence-corrected chi connectivity index (χ2v) is 6.01. The third-order valence-electron chi connectivity index (χ3n) is 3.98. The minimum atomic E-state index is -0.923. The molecule has 2 amide bonds. The normalized spacial score (nSPS) is 11.2. The second kappa shape index (κ2) is 8.76. The van der Waals surface area contributed by atoms with Crippen LogP contribution in [0, 0.1) is 17.0 Å². The number of esters is 1. The maximum absolute atomic E-state index is 12.4. The number of anilines is 1. The van der Waals surface area contributed by atoms with Gasteiger partial charge in [-0.15, -0.1) is 0 Å². The molecule has 28 heavy (non-hydrogen) atoms. The average molecular weight is 385 g/mol. The van der Waals surface area contributed by atoms with Crippen LogP contribution in [0.4, 0.5) is 11.4 Å². The maximum Gasteiger partial charge on any atom is 0.337 e. The second-order valence-electron chi connectivity index (χ2n) is 6.01. The molecule has 0 fully saturated rings. The lowest BCUT2D eigenvalue weighted by atomic mass is 10.1. The fourth-order valence-corrected chi connectivity index (χ4v) is 2.35. The van der Waals surface area contributed by atoms with Crippen LogP contribution in [0.15, 0.2) is 42.5 Å². The molecule has 2 N–H and O–H groups in total. The molecule has 0 spiro atoms. The van der Waals surface area contributed by atoms with Crippen LogP contribution < -0.4 is 10.6 Å². The summed E-state index contributed by atoms with van der Waals surface area (Å²) in [6.07, 6.45) is 0. The Morgan fingerprint density at radius 3 is 2.46 bits per heavy atom. The van der Waals surface area contributed by atoms with Gasteiger partial charge in [0, 0.05) is 23.4 Å². The first-order chi connectivity index (χ1) is 13.2. The highest BCUT2D eigenvalue weighted by Gasteiger charge is 2.19. The summed E-state index contributed by atoms with van der Waals surface area (Å²) in [4.78, 5) is 46.5. The molecule has 9 heteroatoms. The molecule has 0 radical (unpaired) electrons. The predicted molar refractivity (Wildman–Crippen MR) is 101 cm³/mol. The number of hydrogen-bond acceptors (Lipinski definition) is 6. The van der Waals surface area contributed by atoms with Gasteiger partial charge in [0.05, 0.1) is 17.6 Å². The molecule has 0 saturated heterocycles. The minimum absolute atomic E-state index is 0.0673. The van der Waals surface area contributed by atoms with Crippen molar-refractivity contribution in [3.05, 3.63) is 69.3 Å². The number of nitro benzene ring substituents is 1. The van der Waals surface area contributed by atoms with Crippen molar-refractivity contribution in [2.45, 2.75) is 19.9 Å². The molecule has 0 unspecified atom stereocenters. The van der Waals surface area contributed by atoms with Crippen LogP contribution >= 0.6 is 0 Å². The summed E-state index contributed by atoms with van der Waals surface area (Å²) in [5.74, 6) is -1.67. The number of carbonyl (C=O) groups is 3. The number of nitrogens with one attached hydrogen (secondary N) is 2. The van der Waals surface area contributed by atoms with Gasteiger partial charge in [-0.25, -0.2) is 4.79 Å². The molecule has 2 aromatic carbocycles. The van der Waals surface area contributed by atoms with Gasteiger partial charge in [0.2, 0.25) is 5.91 Å². The van der Waals surface area contributed by atoms with Gasteiger partial charge in [-0.2, -0.15) is 0 Å². The number of ether oxygens (including phenoxy) is 1. The quantitative estimate of drug-likeness (QED) is 0.447. The number of amides is 2. The van der Waals surface area contributed by atoms with Crippen molar-refractivity contribution < 1.29 is 24.0 Å². The summed E-state index contributed by atoms with van der Waals surface area (Å²) in [5, 5.41) is 15.9. The topological polar surface area (TPSA) is 128 Å². The predicted octanol–water partition coefficient (Wildman–Crippen LogP) is 2.45. The number of hydrogen-bond donors (Lipinski definition) is 2. The van der Waals surface area contributed by atoms with Crippen LogP contribution in [0.2, 0.25) is 0 Å². The number of rotatable bonds is 6. The van der Waals surface area contributed by atoms with Crippen LogP contribution in [-0.2, 0) is 9.53 Å². The van der Waals surface area contributed by atoms with Gasteiger partial charge < -0.3 is 15.4 Å². The molecule has 0 aliphatic heterocycles. The highest BCUT2D eigenvalue weighted by Crippen LogP contribution is 2.18. The Balaban J connectivity index is 2.09. The number of non-ortho nitro benzene ring substituents is 1. The summed E-state index contributed by atoms with van der Waals surface area (Å²) >= 11 is 0. The number of nitrogens with zero attached hydrogens (tertiary/aromatic N) is 1. The molecule has 1 atom stereocenters. The molecule has 2 aromatic rings. The summed E-state index contributed by atoms with van der Waals surface area (Å²) < 4.78 is 4.66. The molecular formula is C19H19N3O6. The van der Waals surface area contributed by atoms with Gasteiger partial charge in [0.1, 0.15) is 6.04 Å². The lowest BCUT2D eigenvalue weighted by Crippen LogP contribution is -2.41. The lowest BCUT2D eigenvalue weighted by Gasteiger charge is -2.16. The molecule has 0 saturated carbocycles. The Kier molecular flexibility index (Phi) is 6.43. The number of benzene rings is 2. The van der Waals surface area contributed by atoms with Gasteiger partial charge in [-0.05, 0) is 37.6 Å². The van der Waals surface area contributed by atoms with Crippen molar-refractivity contribution in [1.82, 2.24) is 5.32 Å². The highest BCUT2D eigenvalue weighted by molar-refractivity contribution is 6.02. The molecule has 9 nitrogen and oxygen atoms in total. The Hall–Kier alpha value is -3.75. The third-order valence-corrected chi connectivity index (χ3v) is 3.98. The molecule has 0 aromatic heterocycles. The summed E-state index contributed by atoms with van der Waals surface area (Å²) in [6.45, 7) is 3.23. The fourth-order valence-electron chi connectivity index (χ4n) is 2.35. The van der Waals surface area contributed by atoms with Gasteiger partial charge in [0.25, 0.3) is 11.6 Å². The zero-order valence-corrected chi connectivity index (χ0v) is 15.5. The van der Waals surface area contributed by atoms with E-state index in [9.17, 15) is 24.5 Å². The first-order valence-corrected chi connectivity index (χ1v) is 8.28. The largest absolute Gasteiger partial charge is 0.465 e. The number of aryl methyl sites for hydroxylation is 1. The molecular weight excluding hydrogens is 366 g/mol. The van der Waals surface area contributed by atoms with Gasteiger partial charge >= 0.3 is 5.97 Å². The van der Waals surface area contributed by atoms with E-state index in [1.807, 2.05) is 0 Å². The van der Waals surface area contributed by atoms with E-state index in [4.69, 9.17) is 0 Å². The SMILES string of the molecule is COC(=O)c1ccc(C)c(NC(=O)[C@H](C)NC(=O)c2cccc([N+](=O)[O-])c2)c1. The highest BCUT2D eigenvalue weighted by atomic mass is 16.6. The van der Waals surface area contributed by atoms with Crippen LogP contribution in [-0.4, -0.2) is 35.9 Å². The zero-order valence-electron chi connectivity index (χ0n) is 15.5. The van der Waals surface area contributed by atoms with E-state index in [0.29, 0.717) is 5.69 Å². The maximum atomic E-state index is 12.4. The van der Waals surface area contributed by atoms with E-state index in [0.717, 1.165) is 11.6 Å². The third kappa shape index (κ3) is 4.91. The van der Waals surface area contributed by atoms with E-state index in [1.54, 1.807) is 19.1 Å². The van der Waals surface area contributed by atoms with E-state index in [2.05, 4.69) is 15.4 Å². The first-order valence-electron chi connectivity index (χ1n) is 8.28. The van der Waals surface area contributed by atoms with Gasteiger partial charge in [-0.3, -0.25) is 19.7 Å². The molecule has 0 aliphatic rings. The fraction of sp³-hybridized carbons (Fsp3) is 0.211. The first kappa shape index (κ1) is 20.6. The Labute approximate surface area is 160 Å². The molecule has 2 rings (SSSR count). The van der Waals surface area contributed by atoms with Crippen LogP contribution in [0.5, 0.6) is 0 Å². The molecule has 0 aliphatic carbocycles. The van der Waals surface area contributed by atoms with E-state index >= 15 is 0 Å². The Bertz CT molecular complexity index is 941. The van der Waals surface area contributed by atoms with Crippen LogP contribution in [0.1, 0.15) is 33.2 Å². The van der Waals surface area contributed by atoms with Crippen LogP contribution in [0.25, 0.3) is 0 Å². The lowest BCUT2D eigenvalue weighted by molar-refractivity contribution is -0.384. The monoisotopic (exact) mass is 385 g/mol. The van der Waals surface area contributed by atoms with Crippen molar-refractivity contribution in [3.8, 4) is 0 Å². The molecule has 146 valence electrons. The summed E-state index contributed by atoms with van der Waals surface area (Å²) in [7, 11) is 1.26. The number of methoxy groups -OCH3 is 1. The Morgan fingerprint density at radius 2 is 1.82 bits per heavy atom. The van der Waals surface area contributed by atoms with Crippen molar-refractivity contribution in [3.63, 3.8) is 0 Å². The molecule has 0 heterocycles. The average Bonchev–Trinajstić information content (AvgIpc) is 2.68. The zero-order chi connectivity index (χ0) is 20.8. The van der Waals surface area contributed by atoms with Crippen molar-refractivity contribution in [2.24, 2.45) is 0 Å². The number of carbonyl (C=O) groups excluding carboxylic acids is 3. The molecule has 0 bridgehead atoms. The minimum Gasteiger partial charge on any atom is -0.465 e. The summed E-state index contributed by atoms with van der Waals surface area (Å²) in [5.41, 5.74) is 1.25.